The van der Waals surface area contributed by atoms with Gasteiger partial charge in [0.25, 0.3) is 0 Å². The van der Waals surface area contributed by atoms with Crippen molar-refractivity contribution in [2.24, 2.45) is 0 Å². The maximum atomic E-state index is 11.2. The van der Waals surface area contributed by atoms with Crippen molar-refractivity contribution in [2.75, 3.05) is 16.3 Å². The molecule has 2 aromatic rings. The number of aryl methyl sites for hydroxylation is 1. The van der Waals surface area contributed by atoms with Gasteiger partial charge in [0, 0.05) is 5.69 Å². The van der Waals surface area contributed by atoms with Gasteiger partial charge in [0.05, 0.1) is 11.9 Å². The summed E-state index contributed by atoms with van der Waals surface area (Å²) in [5.74, 6) is 0.775. The lowest BCUT2D eigenvalue weighted by atomic mass is 10.3. The molecule has 0 radical (unpaired) electrons. The molecule has 1 aromatic carbocycles. The van der Waals surface area contributed by atoms with Crippen LogP contribution in [-0.2, 0) is 10.0 Å². The first-order valence-electron chi connectivity index (χ1n) is 5.55. The van der Waals surface area contributed by atoms with Crippen LogP contribution in [0, 0.1) is 6.92 Å². The van der Waals surface area contributed by atoms with Gasteiger partial charge in [-0.1, -0.05) is 6.07 Å². The molecule has 9 heteroatoms. The van der Waals surface area contributed by atoms with Gasteiger partial charge in [-0.15, -0.1) is 0 Å². The summed E-state index contributed by atoms with van der Waals surface area (Å²) in [6.45, 7) is 1.69. The lowest BCUT2D eigenvalue weighted by Crippen LogP contribution is -2.09. The van der Waals surface area contributed by atoms with E-state index in [1.54, 1.807) is 31.2 Å². The molecule has 0 fully saturated rings. The zero-order chi connectivity index (χ0) is 14.8. The molecule has 0 saturated carbocycles. The molecular weight excluding hydrogens is 302 g/mol. The van der Waals surface area contributed by atoms with Crippen LogP contribution < -0.4 is 10.0 Å². The Morgan fingerprint density at radius 2 is 1.85 bits per heavy atom. The quantitative estimate of drug-likeness (QED) is 0.895. The van der Waals surface area contributed by atoms with Crippen LogP contribution in [0.2, 0.25) is 5.28 Å². The third kappa shape index (κ3) is 4.32. The van der Waals surface area contributed by atoms with Crippen molar-refractivity contribution < 1.29 is 8.42 Å². The molecule has 0 atom stereocenters. The van der Waals surface area contributed by atoms with Crippen LogP contribution in [0.15, 0.2) is 24.3 Å². The zero-order valence-electron chi connectivity index (χ0n) is 10.8. The summed E-state index contributed by atoms with van der Waals surface area (Å²) in [5.41, 5.74) is 1.06. The van der Waals surface area contributed by atoms with Crippen LogP contribution in [0.4, 0.5) is 17.3 Å². The Morgan fingerprint density at radius 3 is 2.50 bits per heavy atom. The Balaban J connectivity index is 2.23. The number of benzene rings is 1. The highest BCUT2D eigenvalue weighted by Crippen LogP contribution is 2.19. The summed E-state index contributed by atoms with van der Waals surface area (Å²) < 4.78 is 24.7. The van der Waals surface area contributed by atoms with Gasteiger partial charge in [-0.25, -0.2) is 13.4 Å². The molecule has 1 heterocycles. The molecule has 2 N–H and O–H groups in total. The highest BCUT2D eigenvalue weighted by Gasteiger charge is 2.05. The van der Waals surface area contributed by atoms with Gasteiger partial charge in [-0.3, -0.25) is 4.72 Å². The monoisotopic (exact) mass is 313 g/mol. The number of hydrogen-bond donors (Lipinski definition) is 2. The second-order valence-electron chi connectivity index (χ2n) is 4.06. The molecule has 0 bridgehead atoms. The average molecular weight is 314 g/mol. The van der Waals surface area contributed by atoms with E-state index in [-0.39, 0.29) is 5.28 Å². The second kappa shape index (κ2) is 5.59. The average Bonchev–Trinajstić information content (AvgIpc) is 2.25. The third-order valence-electron chi connectivity index (χ3n) is 2.14. The van der Waals surface area contributed by atoms with E-state index >= 15 is 0 Å². The maximum Gasteiger partial charge on any atom is 0.231 e. The third-order valence-corrected chi connectivity index (χ3v) is 2.92. The van der Waals surface area contributed by atoms with Crippen molar-refractivity contribution in [3.8, 4) is 0 Å². The molecule has 106 valence electrons. The van der Waals surface area contributed by atoms with Crippen molar-refractivity contribution in [3.05, 3.63) is 35.4 Å². The van der Waals surface area contributed by atoms with E-state index in [2.05, 4.69) is 25.0 Å². The van der Waals surface area contributed by atoms with Crippen LogP contribution in [0.3, 0.4) is 0 Å². The summed E-state index contributed by atoms with van der Waals surface area (Å²) >= 11 is 5.74. The smallest absolute Gasteiger partial charge is 0.231 e. The Hall–Kier alpha value is -1.93. The SMILES string of the molecule is Cc1nc(Cl)nc(Nc2cccc(NS(C)(=O)=O)c2)n1. The predicted molar refractivity (Wildman–Crippen MR) is 77.8 cm³/mol. The van der Waals surface area contributed by atoms with E-state index in [1.807, 2.05) is 0 Å². The van der Waals surface area contributed by atoms with Crippen molar-refractivity contribution >= 4 is 38.9 Å². The molecule has 0 amide bonds. The fourth-order valence-corrected chi connectivity index (χ4v) is 2.27. The van der Waals surface area contributed by atoms with E-state index in [0.29, 0.717) is 23.1 Å². The van der Waals surface area contributed by atoms with Crippen LogP contribution in [0.1, 0.15) is 5.82 Å². The Morgan fingerprint density at radius 1 is 1.15 bits per heavy atom. The molecule has 20 heavy (non-hydrogen) atoms. The van der Waals surface area contributed by atoms with Gasteiger partial charge in [-0.05, 0) is 36.7 Å². The summed E-state index contributed by atoms with van der Waals surface area (Å²) in [5, 5.41) is 3.02. The molecular formula is C11H12ClN5O2S. The van der Waals surface area contributed by atoms with E-state index < -0.39 is 10.0 Å². The molecule has 0 aliphatic carbocycles. The topological polar surface area (TPSA) is 96.9 Å². The fraction of sp³-hybridized carbons (Fsp3) is 0.182. The normalized spacial score (nSPS) is 11.2. The minimum atomic E-state index is -3.32. The number of aromatic nitrogens is 3. The molecule has 0 unspecified atom stereocenters. The highest BCUT2D eigenvalue weighted by molar-refractivity contribution is 7.92. The highest BCUT2D eigenvalue weighted by atomic mass is 35.5. The molecule has 1 aromatic heterocycles. The molecule has 0 aliphatic heterocycles. The second-order valence-corrected chi connectivity index (χ2v) is 6.14. The summed E-state index contributed by atoms with van der Waals surface area (Å²) in [6.07, 6.45) is 1.09. The van der Waals surface area contributed by atoms with E-state index in [9.17, 15) is 8.42 Å². The standard InChI is InChI=1S/C11H12ClN5O2S/c1-7-13-10(12)16-11(14-7)15-8-4-3-5-9(6-8)17-20(2,18)19/h3-6,17H,1-2H3,(H,13,14,15,16). The Bertz CT molecular complexity index is 715. The zero-order valence-corrected chi connectivity index (χ0v) is 12.3. The van der Waals surface area contributed by atoms with Gasteiger partial charge in [0.15, 0.2) is 0 Å². The molecule has 0 saturated heterocycles. The van der Waals surface area contributed by atoms with Crippen molar-refractivity contribution in [3.63, 3.8) is 0 Å². The summed E-state index contributed by atoms with van der Waals surface area (Å²) in [6, 6.07) is 6.71. The van der Waals surface area contributed by atoms with E-state index in [1.165, 1.54) is 0 Å². The van der Waals surface area contributed by atoms with Crippen molar-refractivity contribution in [1.82, 2.24) is 15.0 Å². The molecule has 2 rings (SSSR count). The van der Waals surface area contributed by atoms with Gasteiger partial charge in [-0.2, -0.15) is 9.97 Å². The number of rotatable bonds is 4. The minimum absolute atomic E-state index is 0.0883. The van der Waals surface area contributed by atoms with Gasteiger partial charge in [0.2, 0.25) is 21.3 Å². The predicted octanol–water partition coefficient (Wildman–Crippen LogP) is 1.95. The van der Waals surface area contributed by atoms with Crippen LogP contribution in [0.25, 0.3) is 0 Å². The molecule has 0 spiro atoms. The lowest BCUT2D eigenvalue weighted by molar-refractivity contribution is 0.607. The number of anilines is 3. The van der Waals surface area contributed by atoms with Crippen LogP contribution in [0.5, 0.6) is 0 Å². The number of hydrogen-bond acceptors (Lipinski definition) is 6. The van der Waals surface area contributed by atoms with Gasteiger partial charge < -0.3 is 5.32 Å². The Labute approximate surface area is 121 Å². The first-order chi connectivity index (χ1) is 9.32. The van der Waals surface area contributed by atoms with Crippen molar-refractivity contribution in [1.29, 1.82) is 0 Å². The Kier molecular flexibility index (Phi) is 4.05. The summed E-state index contributed by atoms with van der Waals surface area (Å²) in [7, 11) is -3.32. The first-order valence-corrected chi connectivity index (χ1v) is 7.82. The van der Waals surface area contributed by atoms with Crippen molar-refractivity contribution in [2.45, 2.75) is 6.92 Å². The molecule has 7 nitrogen and oxygen atoms in total. The largest absolute Gasteiger partial charge is 0.324 e. The fourth-order valence-electron chi connectivity index (χ4n) is 1.51. The maximum absolute atomic E-state index is 11.2. The molecule has 0 aliphatic rings. The lowest BCUT2D eigenvalue weighted by Gasteiger charge is -2.08. The van der Waals surface area contributed by atoms with Gasteiger partial charge in [0.1, 0.15) is 5.82 Å². The number of sulfonamides is 1. The number of nitrogens with one attached hydrogen (secondary N) is 2. The van der Waals surface area contributed by atoms with E-state index in [0.717, 1.165) is 6.26 Å². The minimum Gasteiger partial charge on any atom is -0.324 e. The van der Waals surface area contributed by atoms with Crippen LogP contribution in [-0.4, -0.2) is 29.6 Å². The number of halogens is 1. The summed E-state index contributed by atoms with van der Waals surface area (Å²) in [4.78, 5) is 11.9. The van der Waals surface area contributed by atoms with E-state index in [4.69, 9.17) is 11.6 Å². The first kappa shape index (κ1) is 14.5. The number of nitrogens with zero attached hydrogens (tertiary/aromatic N) is 3. The van der Waals surface area contributed by atoms with Gasteiger partial charge >= 0.3 is 0 Å². The van der Waals surface area contributed by atoms with Crippen LogP contribution >= 0.6 is 11.6 Å².